The second-order valence-corrected chi connectivity index (χ2v) is 6.54. The van der Waals surface area contributed by atoms with Crippen molar-refractivity contribution in [1.29, 1.82) is 0 Å². The summed E-state index contributed by atoms with van der Waals surface area (Å²) < 4.78 is 33.8. The van der Waals surface area contributed by atoms with E-state index in [1.54, 1.807) is 31.4 Å². The van der Waals surface area contributed by atoms with E-state index in [2.05, 4.69) is 0 Å². The van der Waals surface area contributed by atoms with Crippen LogP contribution >= 0.6 is 0 Å². The molecule has 0 saturated heterocycles. The van der Waals surface area contributed by atoms with E-state index in [0.717, 1.165) is 5.75 Å². The van der Waals surface area contributed by atoms with Crippen molar-refractivity contribution in [2.45, 2.75) is 19.4 Å². The minimum Gasteiger partial charge on any atom is -0.497 e. The molecule has 1 rings (SSSR count). The van der Waals surface area contributed by atoms with Crippen LogP contribution < -0.4 is 15.2 Å². The predicted molar refractivity (Wildman–Crippen MR) is 75.4 cm³/mol. The van der Waals surface area contributed by atoms with Crippen LogP contribution in [0.1, 0.15) is 13.3 Å². The van der Waals surface area contributed by atoms with E-state index in [1.165, 1.54) is 0 Å². The monoisotopic (exact) mass is 287 g/mol. The average molecular weight is 287 g/mol. The molecule has 1 aromatic carbocycles. The van der Waals surface area contributed by atoms with Crippen molar-refractivity contribution in [3.63, 3.8) is 0 Å². The molecule has 0 fully saturated rings. The molecule has 0 radical (unpaired) electrons. The van der Waals surface area contributed by atoms with Gasteiger partial charge in [-0.25, -0.2) is 8.42 Å². The SMILES string of the molecule is CCC(N)CS(=O)(=O)CCOc1ccc(OC)cc1. The molecule has 0 aromatic heterocycles. The Morgan fingerprint density at radius 2 is 1.79 bits per heavy atom. The smallest absolute Gasteiger partial charge is 0.155 e. The van der Waals surface area contributed by atoms with E-state index < -0.39 is 9.84 Å². The van der Waals surface area contributed by atoms with Crippen LogP contribution in [0.5, 0.6) is 11.5 Å². The van der Waals surface area contributed by atoms with Crippen LogP contribution in [-0.2, 0) is 9.84 Å². The van der Waals surface area contributed by atoms with Gasteiger partial charge < -0.3 is 15.2 Å². The summed E-state index contributed by atoms with van der Waals surface area (Å²) in [5.74, 6) is 1.34. The molecule has 0 amide bonds. The number of nitrogens with two attached hydrogens (primary N) is 1. The molecule has 1 unspecified atom stereocenters. The van der Waals surface area contributed by atoms with Gasteiger partial charge in [-0.15, -0.1) is 0 Å². The highest BCUT2D eigenvalue weighted by atomic mass is 32.2. The van der Waals surface area contributed by atoms with Gasteiger partial charge in [-0.1, -0.05) is 6.92 Å². The van der Waals surface area contributed by atoms with Gasteiger partial charge in [0.15, 0.2) is 9.84 Å². The Morgan fingerprint density at radius 1 is 1.21 bits per heavy atom. The molecule has 0 aliphatic heterocycles. The summed E-state index contributed by atoms with van der Waals surface area (Å²) in [5.41, 5.74) is 5.64. The van der Waals surface area contributed by atoms with Crippen LogP contribution in [0, 0.1) is 0 Å². The van der Waals surface area contributed by atoms with E-state index in [9.17, 15) is 8.42 Å². The number of methoxy groups -OCH3 is 1. The van der Waals surface area contributed by atoms with Gasteiger partial charge >= 0.3 is 0 Å². The molecular weight excluding hydrogens is 266 g/mol. The lowest BCUT2D eigenvalue weighted by molar-refractivity contribution is 0.339. The minimum absolute atomic E-state index is 0.00940. The molecule has 0 bridgehead atoms. The average Bonchev–Trinajstić information content (AvgIpc) is 2.38. The lowest BCUT2D eigenvalue weighted by Gasteiger charge is -2.10. The molecule has 0 aliphatic rings. The van der Waals surface area contributed by atoms with E-state index in [1.807, 2.05) is 6.92 Å². The summed E-state index contributed by atoms with van der Waals surface area (Å²) in [5, 5.41) is 0. The van der Waals surface area contributed by atoms with E-state index in [0.29, 0.717) is 12.2 Å². The maximum absolute atomic E-state index is 11.7. The van der Waals surface area contributed by atoms with Crippen molar-refractivity contribution in [3.05, 3.63) is 24.3 Å². The molecule has 1 atom stereocenters. The standard InChI is InChI=1S/C13H21NO4S/c1-3-11(14)10-19(15,16)9-8-18-13-6-4-12(17-2)5-7-13/h4-7,11H,3,8-10,14H2,1-2H3. The van der Waals surface area contributed by atoms with Crippen molar-refractivity contribution >= 4 is 9.84 Å². The van der Waals surface area contributed by atoms with Gasteiger partial charge in [-0.05, 0) is 30.7 Å². The van der Waals surface area contributed by atoms with Crippen molar-refractivity contribution in [3.8, 4) is 11.5 Å². The number of hydrogen-bond donors (Lipinski definition) is 1. The van der Waals surface area contributed by atoms with E-state index in [-0.39, 0.29) is 24.2 Å². The number of sulfone groups is 1. The molecule has 0 heterocycles. The Hall–Kier alpha value is -1.27. The maximum Gasteiger partial charge on any atom is 0.155 e. The minimum atomic E-state index is -3.15. The van der Waals surface area contributed by atoms with Crippen molar-refractivity contribution < 1.29 is 17.9 Å². The number of ether oxygens (including phenoxy) is 2. The summed E-state index contributed by atoms with van der Waals surface area (Å²) in [6, 6.07) is 6.70. The highest BCUT2D eigenvalue weighted by Crippen LogP contribution is 2.16. The van der Waals surface area contributed by atoms with Crippen LogP contribution in [0.3, 0.4) is 0 Å². The third kappa shape index (κ3) is 5.94. The molecule has 6 heteroatoms. The Balaban J connectivity index is 2.40. The van der Waals surface area contributed by atoms with Crippen LogP contribution in [0.25, 0.3) is 0 Å². The Bertz CT molecular complexity index is 470. The first-order chi connectivity index (χ1) is 8.96. The predicted octanol–water partition coefficient (Wildman–Crippen LogP) is 1.23. The van der Waals surface area contributed by atoms with Crippen molar-refractivity contribution in [1.82, 2.24) is 0 Å². The number of hydrogen-bond acceptors (Lipinski definition) is 5. The first-order valence-corrected chi connectivity index (χ1v) is 8.02. The summed E-state index contributed by atoms with van der Waals surface area (Å²) in [6.45, 7) is 2.00. The first kappa shape index (κ1) is 15.8. The molecule has 2 N–H and O–H groups in total. The zero-order valence-corrected chi connectivity index (χ0v) is 12.2. The molecule has 0 saturated carbocycles. The fraction of sp³-hybridized carbons (Fsp3) is 0.538. The van der Waals surface area contributed by atoms with Gasteiger partial charge in [0.1, 0.15) is 18.1 Å². The summed E-state index contributed by atoms with van der Waals surface area (Å²) >= 11 is 0. The topological polar surface area (TPSA) is 78.6 Å². The molecule has 5 nitrogen and oxygen atoms in total. The summed E-state index contributed by atoms with van der Waals surface area (Å²) in [4.78, 5) is 0. The lowest BCUT2D eigenvalue weighted by atomic mass is 10.3. The molecule has 0 aliphatic carbocycles. The van der Waals surface area contributed by atoms with E-state index in [4.69, 9.17) is 15.2 Å². The van der Waals surface area contributed by atoms with Gasteiger partial charge in [0.2, 0.25) is 0 Å². The molecule has 0 spiro atoms. The Labute approximate surface area is 114 Å². The summed E-state index contributed by atoms with van der Waals surface area (Å²) in [6.07, 6.45) is 0.651. The third-order valence-corrected chi connectivity index (χ3v) is 4.44. The molecule has 19 heavy (non-hydrogen) atoms. The molecule has 1 aromatic rings. The Kier molecular flexibility index (Phi) is 6.11. The second-order valence-electron chi connectivity index (χ2n) is 4.31. The second kappa shape index (κ2) is 7.35. The fourth-order valence-electron chi connectivity index (χ4n) is 1.49. The summed E-state index contributed by atoms with van der Waals surface area (Å²) in [7, 11) is -1.57. The zero-order chi connectivity index (χ0) is 14.3. The van der Waals surface area contributed by atoms with Crippen LogP contribution in [0.15, 0.2) is 24.3 Å². The number of rotatable bonds is 8. The third-order valence-electron chi connectivity index (χ3n) is 2.71. The van der Waals surface area contributed by atoms with Crippen LogP contribution in [0.2, 0.25) is 0 Å². The van der Waals surface area contributed by atoms with Gasteiger partial charge in [0.25, 0.3) is 0 Å². The normalized spacial score (nSPS) is 13.0. The highest BCUT2D eigenvalue weighted by molar-refractivity contribution is 7.91. The lowest BCUT2D eigenvalue weighted by Crippen LogP contribution is -2.31. The molecular formula is C13H21NO4S. The first-order valence-electron chi connectivity index (χ1n) is 6.19. The van der Waals surface area contributed by atoms with Crippen LogP contribution in [-0.4, -0.2) is 39.7 Å². The van der Waals surface area contributed by atoms with Crippen LogP contribution in [0.4, 0.5) is 0 Å². The van der Waals surface area contributed by atoms with E-state index >= 15 is 0 Å². The zero-order valence-electron chi connectivity index (χ0n) is 11.3. The quantitative estimate of drug-likeness (QED) is 0.778. The largest absolute Gasteiger partial charge is 0.497 e. The Morgan fingerprint density at radius 3 is 2.32 bits per heavy atom. The highest BCUT2D eigenvalue weighted by Gasteiger charge is 2.15. The van der Waals surface area contributed by atoms with Crippen molar-refractivity contribution in [2.24, 2.45) is 5.73 Å². The van der Waals surface area contributed by atoms with Crippen molar-refractivity contribution in [2.75, 3.05) is 25.2 Å². The fourth-order valence-corrected chi connectivity index (χ4v) is 2.88. The van der Waals surface area contributed by atoms with Gasteiger partial charge in [0, 0.05) is 6.04 Å². The molecule has 108 valence electrons. The van der Waals surface area contributed by atoms with Gasteiger partial charge in [-0.2, -0.15) is 0 Å². The van der Waals surface area contributed by atoms with Gasteiger partial charge in [0.05, 0.1) is 18.6 Å². The maximum atomic E-state index is 11.7. The number of benzene rings is 1. The van der Waals surface area contributed by atoms with Gasteiger partial charge in [-0.3, -0.25) is 0 Å².